The second kappa shape index (κ2) is 4.08. The van der Waals surface area contributed by atoms with E-state index in [0.717, 1.165) is 30.1 Å². The van der Waals surface area contributed by atoms with Crippen molar-refractivity contribution in [3.05, 3.63) is 23.5 Å². The van der Waals surface area contributed by atoms with Crippen molar-refractivity contribution < 1.29 is 9.84 Å². The van der Waals surface area contributed by atoms with Crippen LogP contribution in [0.4, 0.5) is 0 Å². The van der Waals surface area contributed by atoms with E-state index >= 15 is 0 Å². The third kappa shape index (κ3) is 2.10. The van der Waals surface area contributed by atoms with Gasteiger partial charge in [0, 0.05) is 43.6 Å². The van der Waals surface area contributed by atoms with E-state index in [-0.39, 0.29) is 6.10 Å². The molecule has 0 aliphatic heterocycles. The van der Waals surface area contributed by atoms with Gasteiger partial charge in [-0.3, -0.25) is 4.40 Å². The van der Waals surface area contributed by atoms with Gasteiger partial charge >= 0.3 is 0 Å². The molecular weight excluding hydrogens is 236 g/mol. The Morgan fingerprint density at radius 3 is 3.18 bits per heavy atom. The summed E-state index contributed by atoms with van der Waals surface area (Å²) in [5.74, 6) is 0. The molecule has 3 rings (SSSR count). The maximum absolute atomic E-state index is 10.3. The standard InChI is InChI=1S/C12H16N2O2S/c1-2-16-10-6-12(15,7-10)5-9-8-14-3-4-17-11(14)13-9/h3-4,8,10,15H,2,5-7H2,1H3. The van der Waals surface area contributed by atoms with Gasteiger partial charge in [0.1, 0.15) is 0 Å². The van der Waals surface area contributed by atoms with Crippen molar-refractivity contribution in [2.24, 2.45) is 0 Å². The highest BCUT2D eigenvalue weighted by Crippen LogP contribution is 2.37. The number of nitrogens with zero attached hydrogens (tertiary/aromatic N) is 2. The SMILES string of the molecule is CCOC1CC(O)(Cc2cn3ccsc3n2)C1. The minimum atomic E-state index is -0.607. The lowest BCUT2D eigenvalue weighted by Gasteiger charge is -2.42. The molecule has 2 heterocycles. The lowest BCUT2D eigenvalue weighted by atomic mass is 9.74. The topological polar surface area (TPSA) is 46.8 Å². The predicted molar refractivity (Wildman–Crippen MR) is 66.4 cm³/mol. The van der Waals surface area contributed by atoms with E-state index in [2.05, 4.69) is 4.98 Å². The van der Waals surface area contributed by atoms with Crippen LogP contribution in [-0.4, -0.2) is 32.8 Å². The summed E-state index contributed by atoms with van der Waals surface area (Å²) in [5.41, 5.74) is 0.360. The smallest absolute Gasteiger partial charge is 0.193 e. The summed E-state index contributed by atoms with van der Waals surface area (Å²) in [6.45, 7) is 2.71. The monoisotopic (exact) mass is 252 g/mol. The second-order valence-corrected chi connectivity index (χ2v) is 5.58. The first-order chi connectivity index (χ1) is 8.18. The Kier molecular flexibility index (Phi) is 2.69. The summed E-state index contributed by atoms with van der Waals surface area (Å²) in [7, 11) is 0. The maximum Gasteiger partial charge on any atom is 0.193 e. The average Bonchev–Trinajstić information content (AvgIpc) is 2.75. The summed E-state index contributed by atoms with van der Waals surface area (Å²) >= 11 is 1.61. The molecule has 0 radical (unpaired) electrons. The summed E-state index contributed by atoms with van der Waals surface area (Å²) in [4.78, 5) is 5.48. The molecule has 1 aliphatic carbocycles. The Morgan fingerprint density at radius 1 is 1.65 bits per heavy atom. The van der Waals surface area contributed by atoms with Crippen LogP contribution in [0.2, 0.25) is 0 Å². The molecule has 1 saturated carbocycles. The Hall–Kier alpha value is -0.910. The van der Waals surface area contributed by atoms with Crippen LogP contribution in [0, 0.1) is 0 Å². The maximum atomic E-state index is 10.3. The molecule has 2 aromatic heterocycles. The average molecular weight is 252 g/mol. The zero-order valence-corrected chi connectivity index (χ0v) is 10.6. The van der Waals surface area contributed by atoms with E-state index in [1.807, 2.05) is 29.1 Å². The van der Waals surface area contributed by atoms with Crippen LogP contribution in [0.3, 0.4) is 0 Å². The number of rotatable bonds is 4. The van der Waals surface area contributed by atoms with E-state index in [4.69, 9.17) is 4.74 Å². The van der Waals surface area contributed by atoms with Crippen molar-refractivity contribution in [3.63, 3.8) is 0 Å². The van der Waals surface area contributed by atoms with Crippen LogP contribution in [0.25, 0.3) is 4.96 Å². The van der Waals surface area contributed by atoms with E-state index < -0.39 is 5.60 Å². The van der Waals surface area contributed by atoms with Crippen LogP contribution >= 0.6 is 11.3 Å². The molecule has 0 saturated heterocycles. The molecule has 0 bridgehead atoms. The number of aliphatic hydroxyl groups is 1. The second-order valence-electron chi connectivity index (χ2n) is 4.71. The van der Waals surface area contributed by atoms with Crippen LogP contribution < -0.4 is 0 Å². The molecule has 0 atom stereocenters. The third-order valence-electron chi connectivity index (χ3n) is 3.27. The summed E-state index contributed by atoms with van der Waals surface area (Å²) in [5, 5.41) is 12.3. The summed E-state index contributed by atoms with van der Waals surface area (Å²) in [6, 6.07) is 0. The fourth-order valence-corrected chi connectivity index (χ4v) is 3.20. The number of imidazole rings is 1. The fourth-order valence-electron chi connectivity index (χ4n) is 2.48. The lowest BCUT2D eigenvalue weighted by molar-refractivity contribution is -0.136. The summed E-state index contributed by atoms with van der Waals surface area (Å²) in [6.07, 6.45) is 6.30. The number of ether oxygens (including phenoxy) is 1. The molecule has 0 unspecified atom stereocenters. The van der Waals surface area contributed by atoms with Gasteiger partial charge in [0.25, 0.3) is 0 Å². The van der Waals surface area contributed by atoms with Gasteiger partial charge in [0.05, 0.1) is 17.4 Å². The van der Waals surface area contributed by atoms with Gasteiger partial charge in [-0.05, 0) is 6.92 Å². The lowest BCUT2D eigenvalue weighted by Crippen LogP contribution is -2.50. The van der Waals surface area contributed by atoms with E-state index in [9.17, 15) is 5.11 Å². The Morgan fingerprint density at radius 2 is 2.47 bits per heavy atom. The van der Waals surface area contributed by atoms with Gasteiger partial charge in [-0.25, -0.2) is 4.98 Å². The largest absolute Gasteiger partial charge is 0.389 e. The minimum absolute atomic E-state index is 0.230. The van der Waals surface area contributed by atoms with Gasteiger partial charge in [-0.1, -0.05) is 0 Å². The normalized spacial score (nSPS) is 28.5. The highest BCUT2D eigenvalue weighted by molar-refractivity contribution is 7.15. The first-order valence-electron chi connectivity index (χ1n) is 5.93. The molecule has 17 heavy (non-hydrogen) atoms. The number of hydrogen-bond acceptors (Lipinski definition) is 4. The highest BCUT2D eigenvalue weighted by Gasteiger charge is 2.43. The molecule has 1 N–H and O–H groups in total. The Bertz CT molecular complexity index is 485. The molecule has 4 nitrogen and oxygen atoms in total. The van der Waals surface area contributed by atoms with Gasteiger partial charge in [-0.2, -0.15) is 0 Å². The van der Waals surface area contributed by atoms with Crippen molar-refractivity contribution in [1.82, 2.24) is 9.38 Å². The van der Waals surface area contributed by atoms with Crippen molar-refractivity contribution in [1.29, 1.82) is 0 Å². The number of hydrogen-bond donors (Lipinski definition) is 1. The van der Waals surface area contributed by atoms with Gasteiger partial charge < -0.3 is 9.84 Å². The van der Waals surface area contributed by atoms with Crippen LogP contribution in [0.1, 0.15) is 25.5 Å². The molecule has 2 aromatic rings. The molecule has 5 heteroatoms. The summed E-state index contributed by atoms with van der Waals surface area (Å²) < 4.78 is 7.47. The molecule has 1 fully saturated rings. The van der Waals surface area contributed by atoms with Crippen LogP contribution in [0.15, 0.2) is 17.8 Å². The fraction of sp³-hybridized carbons (Fsp3) is 0.583. The molecular formula is C12H16N2O2S. The zero-order valence-electron chi connectivity index (χ0n) is 9.80. The van der Waals surface area contributed by atoms with Crippen molar-refractivity contribution in [3.8, 4) is 0 Å². The van der Waals surface area contributed by atoms with Gasteiger partial charge in [0.2, 0.25) is 0 Å². The Balaban J connectivity index is 1.66. The molecule has 0 spiro atoms. The van der Waals surface area contributed by atoms with Crippen LogP contribution in [-0.2, 0) is 11.2 Å². The number of aromatic nitrogens is 2. The van der Waals surface area contributed by atoms with E-state index in [0.29, 0.717) is 6.42 Å². The molecule has 92 valence electrons. The molecule has 0 aromatic carbocycles. The van der Waals surface area contributed by atoms with Crippen LogP contribution in [0.5, 0.6) is 0 Å². The van der Waals surface area contributed by atoms with E-state index in [1.165, 1.54) is 0 Å². The van der Waals surface area contributed by atoms with Crippen molar-refractivity contribution in [2.75, 3.05) is 6.61 Å². The first kappa shape index (κ1) is 11.2. The van der Waals surface area contributed by atoms with Crippen molar-refractivity contribution >= 4 is 16.3 Å². The molecule has 0 amide bonds. The third-order valence-corrected chi connectivity index (χ3v) is 4.04. The Labute approximate surface area is 104 Å². The van der Waals surface area contributed by atoms with E-state index in [1.54, 1.807) is 11.3 Å². The quantitative estimate of drug-likeness (QED) is 0.903. The zero-order chi connectivity index (χ0) is 11.9. The highest BCUT2D eigenvalue weighted by atomic mass is 32.1. The minimum Gasteiger partial charge on any atom is -0.389 e. The van der Waals surface area contributed by atoms with Gasteiger partial charge in [-0.15, -0.1) is 11.3 Å². The number of fused-ring (bicyclic) bond motifs is 1. The first-order valence-corrected chi connectivity index (χ1v) is 6.81. The van der Waals surface area contributed by atoms with Gasteiger partial charge in [0.15, 0.2) is 4.96 Å². The predicted octanol–water partition coefficient (Wildman–Crippen LogP) is 1.87. The molecule has 1 aliphatic rings. The van der Waals surface area contributed by atoms with Crippen molar-refractivity contribution in [2.45, 2.75) is 37.9 Å². The number of thiazole rings is 1.